The summed E-state index contributed by atoms with van der Waals surface area (Å²) in [6.45, 7) is 2.05. The molecular weight excluding hydrogens is 356 g/mol. The number of rotatable bonds is 4. The van der Waals surface area contributed by atoms with Gasteiger partial charge in [-0.15, -0.1) is 0 Å². The summed E-state index contributed by atoms with van der Waals surface area (Å²) in [6, 6.07) is 8.34. The van der Waals surface area contributed by atoms with Gasteiger partial charge in [0.2, 0.25) is 5.91 Å². The van der Waals surface area contributed by atoms with E-state index in [0.29, 0.717) is 6.54 Å². The maximum Gasteiger partial charge on any atom is 0.302 e. The van der Waals surface area contributed by atoms with E-state index in [9.17, 15) is 14.9 Å². The van der Waals surface area contributed by atoms with Crippen molar-refractivity contribution in [2.75, 3.05) is 13.6 Å². The Bertz CT molecular complexity index is 976. The van der Waals surface area contributed by atoms with Crippen molar-refractivity contribution < 1.29 is 14.3 Å². The number of nitrogens with one attached hydrogen (secondary N) is 1. The molecule has 1 amide bonds. The van der Waals surface area contributed by atoms with Gasteiger partial charge in [-0.05, 0) is 37.1 Å². The Hall–Kier alpha value is -2.85. The molecular formula is C21H24N4O3. The molecule has 2 aliphatic rings. The number of esters is 1. The van der Waals surface area contributed by atoms with Crippen molar-refractivity contribution in [3.63, 3.8) is 0 Å². The SMILES string of the molecule is CC(=O)O[C@H]1C2c3cccc4[nH]cc(c34)C[C@H]2N(C)C[C@@H]1CC(C#N)C(N)=O. The maximum atomic E-state index is 11.9. The Morgan fingerprint density at radius 3 is 2.93 bits per heavy atom. The van der Waals surface area contributed by atoms with Crippen LogP contribution in [0.4, 0.5) is 0 Å². The smallest absolute Gasteiger partial charge is 0.302 e. The molecule has 1 saturated heterocycles. The highest BCUT2D eigenvalue weighted by Crippen LogP contribution is 2.46. The second-order valence-electron chi connectivity index (χ2n) is 7.97. The largest absolute Gasteiger partial charge is 0.461 e. The summed E-state index contributed by atoms with van der Waals surface area (Å²) in [7, 11) is 2.05. The zero-order valence-corrected chi connectivity index (χ0v) is 16.0. The molecule has 0 saturated carbocycles. The average molecular weight is 380 g/mol. The number of likely N-dealkylation sites (tertiary alicyclic amines) is 1. The number of carbonyl (C=O) groups excluding carboxylic acids is 2. The van der Waals surface area contributed by atoms with E-state index in [-0.39, 0.29) is 30.3 Å². The van der Waals surface area contributed by atoms with Crippen molar-refractivity contribution in [2.45, 2.75) is 37.8 Å². The van der Waals surface area contributed by atoms with Gasteiger partial charge in [0.1, 0.15) is 12.0 Å². The minimum atomic E-state index is -0.893. The Balaban J connectivity index is 1.79. The van der Waals surface area contributed by atoms with Gasteiger partial charge >= 0.3 is 5.97 Å². The Morgan fingerprint density at radius 2 is 2.25 bits per heavy atom. The fourth-order valence-corrected chi connectivity index (χ4v) is 5.12. The number of hydrogen-bond acceptors (Lipinski definition) is 5. The van der Waals surface area contributed by atoms with E-state index < -0.39 is 17.9 Å². The molecule has 2 aromatic rings. The van der Waals surface area contributed by atoms with Gasteiger partial charge in [0, 0.05) is 48.4 Å². The number of nitrogens with zero attached hydrogens (tertiary/aromatic N) is 2. The number of ether oxygens (including phenoxy) is 1. The predicted molar refractivity (Wildman–Crippen MR) is 103 cm³/mol. The lowest BCUT2D eigenvalue weighted by Crippen LogP contribution is -2.56. The molecule has 1 aromatic carbocycles. The summed E-state index contributed by atoms with van der Waals surface area (Å²) in [5.41, 5.74) is 8.90. The number of nitriles is 1. The van der Waals surface area contributed by atoms with Crippen LogP contribution in [-0.2, 0) is 20.7 Å². The number of likely N-dealkylation sites (N-methyl/N-ethyl adjacent to an activating group) is 1. The molecule has 1 aliphatic heterocycles. The van der Waals surface area contributed by atoms with Crippen LogP contribution in [0.1, 0.15) is 30.4 Å². The summed E-state index contributed by atoms with van der Waals surface area (Å²) in [5.74, 6) is -2.05. The highest BCUT2D eigenvalue weighted by atomic mass is 16.5. The van der Waals surface area contributed by atoms with E-state index in [4.69, 9.17) is 10.5 Å². The number of primary amides is 1. The number of fused-ring (bicyclic) bond motifs is 2. The van der Waals surface area contributed by atoms with Gasteiger partial charge in [-0.1, -0.05) is 12.1 Å². The molecule has 2 heterocycles. The third kappa shape index (κ3) is 2.94. The lowest BCUT2D eigenvalue weighted by Gasteiger charge is -2.49. The van der Waals surface area contributed by atoms with E-state index in [2.05, 4.69) is 29.2 Å². The zero-order chi connectivity index (χ0) is 20.0. The van der Waals surface area contributed by atoms with E-state index in [1.165, 1.54) is 17.9 Å². The van der Waals surface area contributed by atoms with Crippen molar-refractivity contribution in [3.05, 3.63) is 35.5 Å². The molecule has 5 atom stereocenters. The van der Waals surface area contributed by atoms with Crippen LogP contribution in [0.15, 0.2) is 24.4 Å². The number of aromatic nitrogens is 1. The van der Waals surface area contributed by atoms with E-state index in [1.54, 1.807) is 0 Å². The third-order valence-electron chi connectivity index (χ3n) is 6.27. The van der Waals surface area contributed by atoms with Crippen LogP contribution in [-0.4, -0.2) is 47.5 Å². The second kappa shape index (κ2) is 6.95. The standard InChI is InChI=1S/C21H24N4O3/c1-11(26)28-20-14(6-12(8-22)21(23)27)10-25(2)17-7-13-9-24-16-5-3-4-15(18(13)16)19(17)20/h3-5,9,12,14,17,19-20,24H,6-7,10H2,1-2H3,(H2,23,27)/t12?,14-,17+,19?,20+/m0/s1. The summed E-state index contributed by atoms with van der Waals surface area (Å²) >= 11 is 0. The fourth-order valence-electron chi connectivity index (χ4n) is 5.12. The number of hydrogen-bond donors (Lipinski definition) is 2. The van der Waals surface area contributed by atoms with Crippen molar-refractivity contribution in [3.8, 4) is 6.07 Å². The van der Waals surface area contributed by atoms with Crippen molar-refractivity contribution >= 4 is 22.8 Å². The van der Waals surface area contributed by atoms with Crippen LogP contribution >= 0.6 is 0 Å². The lowest BCUT2D eigenvalue weighted by atomic mass is 9.69. The van der Waals surface area contributed by atoms with Gasteiger partial charge in [-0.25, -0.2) is 0 Å². The summed E-state index contributed by atoms with van der Waals surface area (Å²) in [5, 5.41) is 10.5. The van der Waals surface area contributed by atoms with Gasteiger partial charge in [-0.3, -0.25) is 9.59 Å². The number of carbonyl (C=O) groups is 2. The minimum absolute atomic E-state index is 0.0214. The topological polar surface area (TPSA) is 112 Å². The first-order valence-corrected chi connectivity index (χ1v) is 9.56. The van der Waals surface area contributed by atoms with Crippen LogP contribution in [0.25, 0.3) is 10.9 Å². The second-order valence-corrected chi connectivity index (χ2v) is 7.97. The predicted octanol–water partition coefficient (Wildman–Crippen LogP) is 1.68. The van der Waals surface area contributed by atoms with Crippen molar-refractivity contribution in [1.29, 1.82) is 5.26 Å². The van der Waals surface area contributed by atoms with E-state index in [0.717, 1.165) is 17.5 Å². The zero-order valence-electron chi connectivity index (χ0n) is 16.0. The van der Waals surface area contributed by atoms with Gasteiger partial charge in [0.25, 0.3) is 0 Å². The Kier molecular flexibility index (Phi) is 4.60. The quantitative estimate of drug-likeness (QED) is 0.784. The molecule has 1 aliphatic carbocycles. The molecule has 28 heavy (non-hydrogen) atoms. The Labute approximate surface area is 163 Å². The molecule has 7 heteroatoms. The van der Waals surface area contributed by atoms with Gasteiger partial charge < -0.3 is 20.4 Å². The summed E-state index contributed by atoms with van der Waals surface area (Å²) in [4.78, 5) is 29.2. The van der Waals surface area contributed by atoms with Crippen LogP contribution < -0.4 is 5.73 Å². The molecule has 0 spiro atoms. The lowest BCUT2D eigenvalue weighted by molar-refractivity contribution is -0.156. The first-order chi connectivity index (χ1) is 13.4. The first-order valence-electron chi connectivity index (χ1n) is 9.56. The summed E-state index contributed by atoms with van der Waals surface area (Å²) < 4.78 is 5.83. The number of nitrogens with two attached hydrogens (primary N) is 1. The molecule has 1 fully saturated rings. The maximum absolute atomic E-state index is 11.9. The first kappa shape index (κ1) is 18.5. The molecule has 7 nitrogen and oxygen atoms in total. The van der Waals surface area contributed by atoms with Crippen molar-refractivity contribution in [1.82, 2.24) is 9.88 Å². The summed E-state index contributed by atoms with van der Waals surface area (Å²) in [6.07, 6.45) is 2.81. The number of piperidine rings is 1. The van der Waals surface area contributed by atoms with Crippen LogP contribution in [0.3, 0.4) is 0 Å². The van der Waals surface area contributed by atoms with E-state index in [1.807, 2.05) is 18.2 Å². The van der Waals surface area contributed by atoms with Crippen LogP contribution in [0.2, 0.25) is 0 Å². The van der Waals surface area contributed by atoms with E-state index >= 15 is 0 Å². The highest BCUT2D eigenvalue weighted by molar-refractivity contribution is 5.88. The molecule has 146 valence electrons. The fraction of sp³-hybridized carbons (Fsp3) is 0.476. The van der Waals surface area contributed by atoms with Gasteiger partial charge in [-0.2, -0.15) is 5.26 Å². The number of aromatic amines is 1. The molecule has 1 aromatic heterocycles. The highest BCUT2D eigenvalue weighted by Gasteiger charge is 2.48. The van der Waals surface area contributed by atoms with Crippen LogP contribution in [0, 0.1) is 23.2 Å². The van der Waals surface area contributed by atoms with Crippen molar-refractivity contribution in [2.24, 2.45) is 17.6 Å². The molecule has 0 bridgehead atoms. The molecule has 2 unspecified atom stereocenters. The number of benzene rings is 1. The van der Waals surface area contributed by atoms with Gasteiger partial charge in [0.15, 0.2) is 0 Å². The van der Waals surface area contributed by atoms with Crippen LogP contribution in [0.5, 0.6) is 0 Å². The number of H-pyrrole nitrogens is 1. The monoisotopic (exact) mass is 380 g/mol. The molecule has 3 N–H and O–H groups in total. The third-order valence-corrected chi connectivity index (χ3v) is 6.27. The van der Waals surface area contributed by atoms with Gasteiger partial charge in [0.05, 0.1) is 6.07 Å². The minimum Gasteiger partial charge on any atom is -0.461 e. The Morgan fingerprint density at radius 1 is 1.46 bits per heavy atom. The molecule has 0 radical (unpaired) electrons. The molecule has 4 rings (SSSR count). The normalized spacial score (nSPS) is 27.6. The number of amides is 1. The average Bonchev–Trinajstić information content (AvgIpc) is 3.06.